The Hall–Kier alpha value is -0.870. The van der Waals surface area contributed by atoms with E-state index in [-0.39, 0.29) is 17.4 Å². The second-order valence-electron chi connectivity index (χ2n) is 5.54. The second kappa shape index (κ2) is 6.34. The molecule has 4 heteroatoms. The van der Waals surface area contributed by atoms with Gasteiger partial charge in [-0.2, -0.15) is 0 Å². The molecule has 1 rings (SSSR count). The van der Waals surface area contributed by atoms with E-state index in [1.807, 2.05) is 32.9 Å². The average molecular weight is 313 g/mol. The quantitative estimate of drug-likeness (QED) is 0.877. The minimum Gasteiger partial charge on any atom is -0.368 e. The van der Waals surface area contributed by atoms with Gasteiger partial charge in [-0.15, -0.1) is 0 Å². The highest BCUT2D eigenvalue weighted by molar-refractivity contribution is 9.10. The first kappa shape index (κ1) is 15.2. The standard InChI is InChI=1S/C14H21BrN2O/c1-14(2,3)12(13(16)18)17-8-7-10-5-4-6-11(15)9-10/h4-6,9,12,17H,7-8H2,1-3H3,(H2,16,18)/t12-/m1/s1. The van der Waals surface area contributed by atoms with Crippen LogP contribution >= 0.6 is 15.9 Å². The summed E-state index contributed by atoms with van der Waals surface area (Å²) >= 11 is 3.44. The van der Waals surface area contributed by atoms with E-state index in [1.54, 1.807) is 0 Å². The van der Waals surface area contributed by atoms with E-state index in [4.69, 9.17) is 5.73 Å². The highest BCUT2D eigenvalue weighted by Gasteiger charge is 2.28. The molecule has 0 saturated heterocycles. The van der Waals surface area contributed by atoms with Crippen LogP contribution in [0.3, 0.4) is 0 Å². The summed E-state index contributed by atoms with van der Waals surface area (Å²) in [5, 5.41) is 3.24. The van der Waals surface area contributed by atoms with Crippen LogP contribution in [-0.4, -0.2) is 18.5 Å². The van der Waals surface area contributed by atoms with Gasteiger partial charge in [-0.1, -0.05) is 48.8 Å². The molecule has 0 unspecified atom stereocenters. The van der Waals surface area contributed by atoms with Crippen molar-refractivity contribution in [1.82, 2.24) is 5.32 Å². The van der Waals surface area contributed by atoms with Gasteiger partial charge >= 0.3 is 0 Å². The normalized spacial score (nSPS) is 13.3. The predicted octanol–water partition coefficient (Wildman–Crippen LogP) is 2.48. The first-order valence-electron chi connectivity index (χ1n) is 6.08. The number of benzene rings is 1. The summed E-state index contributed by atoms with van der Waals surface area (Å²) < 4.78 is 1.07. The van der Waals surface area contributed by atoms with Crippen molar-refractivity contribution in [1.29, 1.82) is 0 Å². The molecule has 0 saturated carbocycles. The predicted molar refractivity (Wildman–Crippen MR) is 78.3 cm³/mol. The molecule has 18 heavy (non-hydrogen) atoms. The van der Waals surface area contributed by atoms with Crippen LogP contribution in [0.25, 0.3) is 0 Å². The molecule has 0 heterocycles. The zero-order chi connectivity index (χ0) is 13.8. The summed E-state index contributed by atoms with van der Waals surface area (Å²) in [6, 6.07) is 7.86. The molecule has 0 aromatic heterocycles. The van der Waals surface area contributed by atoms with Crippen LogP contribution in [0.2, 0.25) is 0 Å². The summed E-state index contributed by atoms with van der Waals surface area (Å²) in [6.45, 7) is 6.76. The van der Waals surface area contributed by atoms with Gasteiger partial charge in [0.2, 0.25) is 5.91 Å². The Balaban J connectivity index is 2.52. The number of hydrogen-bond donors (Lipinski definition) is 2. The molecule has 1 aromatic rings. The maximum absolute atomic E-state index is 11.4. The van der Waals surface area contributed by atoms with Gasteiger partial charge in [0.25, 0.3) is 0 Å². The number of nitrogens with one attached hydrogen (secondary N) is 1. The third kappa shape index (κ3) is 4.78. The van der Waals surface area contributed by atoms with Crippen LogP contribution in [0.5, 0.6) is 0 Å². The number of halogens is 1. The number of rotatable bonds is 5. The summed E-state index contributed by atoms with van der Waals surface area (Å²) in [4.78, 5) is 11.4. The van der Waals surface area contributed by atoms with Gasteiger partial charge in [-0.25, -0.2) is 0 Å². The molecule has 100 valence electrons. The van der Waals surface area contributed by atoms with Crippen LogP contribution < -0.4 is 11.1 Å². The second-order valence-corrected chi connectivity index (χ2v) is 6.45. The fraction of sp³-hybridized carbons (Fsp3) is 0.500. The van der Waals surface area contributed by atoms with E-state index >= 15 is 0 Å². The Morgan fingerprint density at radius 3 is 2.61 bits per heavy atom. The lowest BCUT2D eigenvalue weighted by molar-refractivity contribution is -0.122. The molecule has 0 aliphatic heterocycles. The number of hydrogen-bond acceptors (Lipinski definition) is 2. The molecule has 0 fully saturated rings. The molecule has 3 N–H and O–H groups in total. The van der Waals surface area contributed by atoms with Crippen molar-refractivity contribution in [3.63, 3.8) is 0 Å². The third-order valence-electron chi connectivity index (χ3n) is 2.80. The minimum absolute atomic E-state index is 0.164. The number of primary amides is 1. The van der Waals surface area contributed by atoms with Crippen molar-refractivity contribution in [3.8, 4) is 0 Å². The fourth-order valence-electron chi connectivity index (χ4n) is 1.89. The molecule has 0 radical (unpaired) electrons. The lowest BCUT2D eigenvalue weighted by atomic mass is 9.86. The van der Waals surface area contributed by atoms with Gasteiger partial charge in [0, 0.05) is 4.47 Å². The summed E-state index contributed by atoms with van der Waals surface area (Å²) in [6.07, 6.45) is 0.874. The molecule has 1 amide bonds. The SMILES string of the molecule is CC(C)(C)[C@H](NCCc1cccc(Br)c1)C(N)=O. The van der Waals surface area contributed by atoms with Crippen LogP contribution in [0.1, 0.15) is 26.3 Å². The molecule has 1 aromatic carbocycles. The van der Waals surface area contributed by atoms with Gasteiger partial charge in [-0.05, 0) is 36.1 Å². The van der Waals surface area contributed by atoms with Crippen molar-refractivity contribution >= 4 is 21.8 Å². The molecule has 0 bridgehead atoms. The lowest BCUT2D eigenvalue weighted by Crippen LogP contribution is -2.50. The van der Waals surface area contributed by atoms with Crippen molar-refractivity contribution in [2.75, 3.05) is 6.54 Å². The van der Waals surface area contributed by atoms with Crippen LogP contribution in [0.15, 0.2) is 28.7 Å². The first-order valence-corrected chi connectivity index (χ1v) is 6.87. The minimum atomic E-state index is -0.301. The molecule has 0 spiro atoms. The van der Waals surface area contributed by atoms with Gasteiger partial charge in [0.1, 0.15) is 0 Å². The summed E-state index contributed by atoms with van der Waals surface area (Å²) in [7, 11) is 0. The van der Waals surface area contributed by atoms with Crippen molar-refractivity contribution in [2.24, 2.45) is 11.1 Å². The monoisotopic (exact) mass is 312 g/mol. The zero-order valence-corrected chi connectivity index (χ0v) is 12.8. The molecule has 3 nitrogen and oxygen atoms in total. The fourth-order valence-corrected chi connectivity index (χ4v) is 2.33. The Morgan fingerprint density at radius 2 is 2.11 bits per heavy atom. The van der Waals surface area contributed by atoms with E-state index in [0.717, 1.165) is 17.4 Å². The molecular formula is C14H21BrN2O. The number of amides is 1. The number of carbonyl (C=O) groups is 1. The van der Waals surface area contributed by atoms with Gasteiger partial charge in [-0.3, -0.25) is 4.79 Å². The van der Waals surface area contributed by atoms with Crippen molar-refractivity contribution in [2.45, 2.75) is 33.2 Å². The van der Waals surface area contributed by atoms with Crippen LogP contribution in [0, 0.1) is 5.41 Å². The van der Waals surface area contributed by atoms with Gasteiger partial charge < -0.3 is 11.1 Å². The third-order valence-corrected chi connectivity index (χ3v) is 3.29. The Morgan fingerprint density at radius 1 is 1.44 bits per heavy atom. The Kier molecular flexibility index (Phi) is 5.35. The van der Waals surface area contributed by atoms with Crippen molar-refractivity contribution in [3.05, 3.63) is 34.3 Å². The summed E-state index contributed by atoms with van der Waals surface area (Å²) in [5.74, 6) is -0.295. The van der Waals surface area contributed by atoms with Crippen molar-refractivity contribution < 1.29 is 4.79 Å². The number of carbonyl (C=O) groups excluding carboxylic acids is 1. The maximum Gasteiger partial charge on any atom is 0.235 e. The molecule has 1 atom stereocenters. The topological polar surface area (TPSA) is 55.1 Å². The van der Waals surface area contributed by atoms with Gasteiger partial charge in [0.15, 0.2) is 0 Å². The van der Waals surface area contributed by atoms with E-state index in [1.165, 1.54) is 5.56 Å². The Labute approximate surface area is 117 Å². The van der Waals surface area contributed by atoms with Crippen LogP contribution in [0.4, 0.5) is 0 Å². The maximum atomic E-state index is 11.4. The smallest absolute Gasteiger partial charge is 0.235 e. The highest BCUT2D eigenvalue weighted by atomic mass is 79.9. The first-order chi connectivity index (χ1) is 8.30. The van der Waals surface area contributed by atoms with Gasteiger partial charge in [0.05, 0.1) is 6.04 Å². The Bertz CT molecular complexity index is 413. The van der Waals surface area contributed by atoms with Crippen LogP contribution in [-0.2, 0) is 11.2 Å². The van der Waals surface area contributed by atoms with E-state index in [0.29, 0.717) is 0 Å². The molecule has 0 aliphatic rings. The molecule has 0 aliphatic carbocycles. The largest absolute Gasteiger partial charge is 0.368 e. The van der Waals surface area contributed by atoms with E-state index in [9.17, 15) is 4.79 Å². The van der Waals surface area contributed by atoms with E-state index < -0.39 is 0 Å². The zero-order valence-electron chi connectivity index (χ0n) is 11.2. The average Bonchev–Trinajstić information content (AvgIpc) is 2.22. The lowest BCUT2D eigenvalue weighted by Gasteiger charge is -2.28. The molecular weight excluding hydrogens is 292 g/mol. The summed E-state index contributed by atoms with van der Waals surface area (Å²) in [5.41, 5.74) is 6.48. The van der Waals surface area contributed by atoms with E-state index in [2.05, 4.69) is 33.4 Å². The number of nitrogens with two attached hydrogens (primary N) is 1. The highest BCUT2D eigenvalue weighted by Crippen LogP contribution is 2.19.